The molecule has 5 nitrogen and oxygen atoms in total. The zero-order chi connectivity index (χ0) is 9.35. The molecule has 0 saturated carbocycles. The first kappa shape index (κ1) is 9.82. The first-order valence-electron chi connectivity index (χ1n) is 3.48. The minimum Gasteiger partial charge on any atom is -0.394 e. The van der Waals surface area contributed by atoms with Crippen molar-refractivity contribution in [3.63, 3.8) is 0 Å². The Morgan fingerprint density at radius 3 is 2.25 bits per heavy atom. The maximum Gasteiger partial charge on any atom is 0.224 e. The fourth-order valence-electron chi connectivity index (χ4n) is 1.13. The number of aliphatic hydroxyl groups is 4. The molecule has 1 saturated heterocycles. The SMILES string of the molecule is OC[C@H]1OC(O)(C[18F])[C@@H](O)[C@@H]1O. The summed E-state index contributed by atoms with van der Waals surface area (Å²) in [6.45, 7) is -1.91. The van der Waals surface area contributed by atoms with Gasteiger partial charge in [0.2, 0.25) is 5.79 Å². The molecule has 0 aromatic heterocycles. The van der Waals surface area contributed by atoms with E-state index in [9.17, 15) is 4.39 Å². The van der Waals surface area contributed by atoms with E-state index in [2.05, 4.69) is 4.74 Å². The summed E-state index contributed by atoms with van der Waals surface area (Å²) in [5, 5.41) is 35.8. The van der Waals surface area contributed by atoms with E-state index < -0.39 is 37.4 Å². The van der Waals surface area contributed by atoms with Crippen LogP contribution in [0.15, 0.2) is 0 Å². The molecule has 1 fully saturated rings. The minimum absolute atomic E-state index is 0.583. The molecule has 0 aliphatic carbocycles. The fourth-order valence-corrected chi connectivity index (χ4v) is 1.13. The number of alkyl halides is 1. The van der Waals surface area contributed by atoms with Gasteiger partial charge in [-0.3, -0.25) is 0 Å². The van der Waals surface area contributed by atoms with Gasteiger partial charge in [0, 0.05) is 0 Å². The highest BCUT2D eigenvalue weighted by Gasteiger charge is 2.53. The lowest BCUT2D eigenvalue weighted by Crippen LogP contribution is -2.44. The van der Waals surface area contributed by atoms with Crippen LogP contribution in [0.1, 0.15) is 0 Å². The van der Waals surface area contributed by atoms with E-state index >= 15 is 0 Å². The molecular formula is C6H11FO5. The fraction of sp³-hybridized carbons (Fsp3) is 1.00. The Labute approximate surface area is 68.0 Å². The molecule has 6 heteroatoms. The Hall–Kier alpha value is -0.270. The van der Waals surface area contributed by atoms with Gasteiger partial charge in [-0.05, 0) is 0 Å². The number of halogens is 1. The summed E-state index contributed by atoms with van der Waals surface area (Å²) in [4.78, 5) is 0. The van der Waals surface area contributed by atoms with Gasteiger partial charge < -0.3 is 25.2 Å². The predicted molar refractivity (Wildman–Crippen MR) is 34.9 cm³/mol. The van der Waals surface area contributed by atoms with Crippen molar-refractivity contribution in [1.29, 1.82) is 0 Å². The molecule has 1 unspecified atom stereocenters. The van der Waals surface area contributed by atoms with E-state index in [-0.39, 0.29) is 0 Å². The zero-order valence-corrected chi connectivity index (χ0v) is 6.22. The molecule has 1 heterocycles. The van der Waals surface area contributed by atoms with Gasteiger partial charge in [0.1, 0.15) is 25.0 Å². The number of aliphatic hydroxyl groups excluding tert-OH is 3. The highest BCUT2D eigenvalue weighted by atomic mass is 18.2. The average molecular weight is 181 g/mol. The molecule has 12 heavy (non-hydrogen) atoms. The summed E-state index contributed by atoms with van der Waals surface area (Å²) in [7, 11) is 0. The second kappa shape index (κ2) is 3.23. The number of ether oxygens (including phenoxy) is 1. The maximum atomic E-state index is 12.1. The average Bonchev–Trinajstić information content (AvgIpc) is 2.31. The molecule has 0 spiro atoms. The Morgan fingerprint density at radius 1 is 1.42 bits per heavy atom. The Kier molecular flexibility index (Phi) is 2.64. The Morgan fingerprint density at radius 2 is 2.00 bits per heavy atom. The lowest BCUT2D eigenvalue weighted by atomic mass is 10.1. The van der Waals surface area contributed by atoms with Crippen LogP contribution < -0.4 is 0 Å². The summed E-state index contributed by atoms with van der Waals surface area (Å²) in [6.07, 6.45) is -4.32. The standard InChI is InChI=1S/C6H11FO5/c7-2-6(11)5(10)4(9)3(1-8)12-6/h3-5,8-11H,1-2H2/t3-,4-,5+,6?/m1/s1/i7-1. The van der Waals surface area contributed by atoms with Gasteiger partial charge >= 0.3 is 0 Å². The van der Waals surface area contributed by atoms with Gasteiger partial charge in [-0.15, -0.1) is 0 Å². The van der Waals surface area contributed by atoms with Crippen molar-refractivity contribution >= 4 is 0 Å². The van der Waals surface area contributed by atoms with E-state index in [1.165, 1.54) is 0 Å². The highest BCUT2D eigenvalue weighted by molar-refractivity contribution is 4.94. The van der Waals surface area contributed by atoms with Crippen LogP contribution in [0, 0.1) is 0 Å². The van der Waals surface area contributed by atoms with Crippen molar-refractivity contribution in [2.75, 3.05) is 13.3 Å². The molecule has 4 atom stereocenters. The van der Waals surface area contributed by atoms with Crippen LogP contribution in [-0.4, -0.2) is 57.8 Å². The summed E-state index contributed by atoms with van der Waals surface area (Å²) in [6, 6.07) is 0. The third-order valence-corrected chi connectivity index (χ3v) is 1.89. The second-order valence-corrected chi connectivity index (χ2v) is 2.75. The first-order chi connectivity index (χ1) is 5.55. The van der Waals surface area contributed by atoms with Crippen LogP contribution in [0.25, 0.3) is 0 Å². The van der Waals surface area contributed by atoms with Crippen molar-refractivity contribution < 1.29 is 29.6 Å². The topological polar surface area (TPSA) is 90.2 Å². The summed E-state index contributed by atoms with van der Waals surface area (Å²) in [5.74, 6) is -2.38. The molecular weight excluding hydrogens is 170 g/mol. The first-order valence-corrected chi connectivity index (χ1v) is 3.48. The predicted octanol–water partition coefficient (Wildman–Crippen LogP) is -2.24. The lowest BCUT2D eigenvalue weighted by molar-refractivity contribution is -0.237. The number of hydrogen-bond acceptors (Lipinski definition) is 5. The van der Waals surface area contributed by atoms with Crippen molar-refractivity contribution in [2.45, 2.75) is 24.1 Å². The van der Waals surface area contributed by atoms with Gasteiger partial charge in [-0.25, -0.2) is 4.39 Å². The Bertz CT molecular complexity index is 166. The zero-order valence-electron chi connectivity index (χ0n) is 6.22. The van der Waals surface area contributed by atoms with Crippen molar-refractivity contribution in [1.82, 2.24) is 0 Å². The number of hydrogen-bond donors (Lipinski definition) is 4. The number of rotatable bonds is 2. The van der Waals surface area contributed by atoms with E-state index in [1.54, 1.807) is 0 Å². The molecule has 72 valence electrons. The third-order valence-electron chi connectivity index (χ3n) is 1.89. The van der Waals surface area contributed by atoms with Crippen molar-refractivity contribution in [3.05, 3.63) is 0 Å². The molecule has 1 aliphatic rings. The molecule has 4 N–H and O–H groups in total. The molecule has 0 amide bonds. The molecule has 1 rings (SSSR count). The third kappa shape index (κ3) is 1.32. The summed E-state index contributed by atoms with van der Waals surface area (Å²) in [5.41, 5.74) is 0. The molecule has 1 aliphatic heterocycles. The van der Waals surface area contributed by atoms with Crippen LogP contribution in [-0.2, 0) is 4.74 Å². The smallest absolute Gasteiger partial charge is 0.224 e. The van der Waals surface area contributed by atoms with E-state index in [0.717, 1.165) is 0 Å². The van der Waals surface area contributed by atoms with Crippen LogP contribution in [0.2, 0.25) is 0 Å². The van der Waals surface area contributed by atoms with Crippen LogP contribution in [0.5, 0.6) is 0 Å². The molecule has 0 aromatic rings. The van der Waals surface area contributed by atoms with Crippen LogP contribution in [0.3, 0.4) is 0 Å². The lowest BCUT2D eigenvalue weighted by Gasteiger charge is -2.21. The largest absolute Gasteiger partial charge is 0.394 e. The second-order valence-electron chi connectivity index (χ2n) is 2.75. The van der Waals surface area contributed by atoms with Gasteiger partial charge in [0.05, 0.1) is 6.61 Å². The van der Waals surface area contributed by atoms with Crippen LogP contribution in [0.4, 0.5) is 4.39 Å². The van der Waals surface area contributed by atoms with Gasteiger partial charge in [0.25, 0.3) is 0 Å². The molecule has 0 bridgehead atoms. The van der Waals surface area contributed by atoms with E-state index in [0.29, 0.717) is 0 Å². The van der Waals surface area contributed by atoms with Gasteiger partial charge in [-0.2, -0.15) is 0 Å². The Balaban J connectivity index is 2.72. The quantitative estimate of drug-likeness (QED) is 0.386. The van der Waals surface area contributed by atoms with Crippen LogP contribution >= 0.6 is 0 Å². The van der Waals surface area contributed by atoms with Gasteiger partial charge in [-0.1, -0.05) is 0 Å². The monoisotopic (exact) mass is 181 g/mol. The van der Waals surface area contributed by atoms with Crippen molar-refractivity contribution in [2.24, 2.45) is 0 Å². The summed E-state index contributed by atoms with van der Waals surface area (Å²) < 4.78 is 16.6. The maximum absolute atomic E-state index is 12.1. The summed E-state index contributed by atoms with van der Waals surface area (Å²) >= 11 is 0. The minimum atomic E-state index is -2.38. The highest BCUT2D eigenvalue weighted by Crippen LogP contribution is 2.29. The van der Waals surface area contributed by atoms with Crippen molar-refractivity contribution in [3.8, 4) is 0 Å². The van der Waals surface area contributed by atoms with E-state index in [4.69, 9.17) is 20.4 Å². The molecule has 0 radical (unpaired) electrons. The van der Waals surface area contributed by atoms with E-state index in [1.807, 2.05) is 0 Å². The molecule has 0 aromatic carbocycles. The normalized spacial score (nSPS) is 48.2. The van der Waals surface area contributed by atoms with Gasteiger partial charge in [0.15, 0.2) is 0 Å².